The molecule has 1 heterocycles. The SMILES string of the molecule is C/C(=C\N=C(/C)[C@@H]1CCCN1C(=O)OC(C)(C)C)C12CCC(c3cccc(Br)c3)(CC1)CC2. The third-order valence-electron chi connectivity index (χ3n) is 8.34. The lowest BCUT2D eigenvalue weighted by molar-refractivity contribution is 0.0265. The first-order chi connectivity index (χ1) is 15.5. The van der Waals surface area contributed by atoms with Crippen molar-refractivity contribution in [1.82, 2.24) is 4.90 Å². The zero-order valence-electron chi connectivity index (χ0n) is 20.9. The summed E-state index contributed by atoms with van der Waals surface area (Å²) < 4.78 is 6.81. The number of hydrogen-bond donors (Lipinski definition) is 0. The second-order valence-corrected chi connectivity index (χ2v) is 12.4. The van der Waals surface area contributed by atoms with Crippen LogP contribution in [0.5, 0.6) is 0 Å². The molecule has 3 aliphatic carbocycles. The number of carbonyl (C=O) groups is 1. The van der Waals surface area contributed by atoms with Gasteiger partial charge in [0.05, 0.1) is 6.04 Å². The maximum atomic E-state index is 12.7. The van der Waals surface area contributed by atoms with E-state index in [1.54, 1.807) is 0 Å². The van der Waals surface area contributed by atoms with Crippen LogP contribution in [0, 0.1) is 5.41 Å². The van der Waals surface area contributed by atoms with Crippen LogP contribution in [0.2, 0.25) is 0 Å². The summed E-state index contributed by atoms with van der Waals surface area (Å²) >= 11 is 3.66. The molecule has 0 N–H and O–H groups in total. The van der Waals surface area contributed by atoms with E-state index in [0.29, 0.717) is 5.41 Å². The number of ether oxygens (including phenoxy) is 1. The minimum Gasteiger partial charge on any atom is -0.444 e. The number of fused-ring (bicyclic) bond motifs is 3. The molecule has 1 aromatic carbocycles. The summed E-state index contributed by atoms with van der Waals surface area (Å²) in [6.07, 6.45) is 11.3. The average molecular weight is 516 g/mol. The summed E-state index contributed by atoms with van der Waals surface area (Å²) in [6, 6.07) is 8.99. The van der Waals surface area contributed by atoms with Crippen LogP contribution in [0.1, 0.15) is 91.5 Å². The van der Waals surface area contributed by atoms with Gasteiger partial charge in [0, 0.05) is 22.9 Å². The van der Waals surface area contributed by atoms with E-state index in [2.05, 4.69) is 60.2 Å². The number of amides is 1. The Hall–Kier alpha value is -1.62. The highest BCUT2D eigenvalue weighted by Gasteiger charge is 2.50. The summed E-state index contributed by atoms with van der Waals surface area (Å²) in [6.45, 7) is 10.8. The quantitative estimate of drug-likeness (QED) is 0.384. The number of aliphatic imine (C=N–C) groups is 1. The van der Waals surface area contributed by atoms with Gasteiger partial charge in [0.15, 0.2) is 0 Å². The number of likely N-dealkylation sites (tertiary alicyclic amines) is 1. The van der Waals surface area contributed by atoms with Gasteiger partial charge in [-0.1, -0.05) is 28.1 Å². The lowest BCUT2D eigenvalue weighted by atomic mass is 9.50. The topological polar surface area (TPSA) is 41.9 Å². The first kappa shape index (κ1) is 24.5. The summed E-state index contributed by atoms with van der Waals surface area (Å²) in [7, 11) is 0. The van der Waals surface area contributed by atoms with E-state index in [1.807, 2.05) is 25.7 Å². The third-order valence-corrected chi connectivity index (χ3v) is 8.84. The van der Waals surface area contributed by atoms with Crippen LogP contribution in [0.4, 0.5) is 4.79 Å². The molecule has 4 nitrogen and oxygen atoms in total. The van der Waals surface area contributed by atoms with Crippen molar-refractivity contribution in [2.45, 2.75) is 103 Å². The van der Waals surface area contributed by atoms with E-state index < -0.39 is 5.60 Å². The molecule has 0 aromatic heterocycles. The highest BCUT2D eigenvalue weighted by molar-refractivity contribution is 9.10. The van der Waals surface area contributed by atoms with E-state index >= 15 is 0 Å². The molecule has 2 bridgehead atoms. The Morgan fingerprint density at radius 2 is 1.82 bits per heavy atom. The van der Waals surface area contributed by atoms with Crippen molar-refractivity contribution in [3.63, 3.8) is 0 Å². The van der Waals surface area contributed by atoms with Crippen molar-refractivity contribution in [2.24, 2.45) is 10.4 Å². The molecule has 1 aromatic rings. The first-order valence-corrected chi connectivity index (χ1v) is 13.3. The van der Waals surface area contributed by atoms with Crippen molar-refractivity contribution in [1.29, 1.82) is 0 Å². The number of nitrogens with zero attached hydrogens (tertiary/aromatic N) is 2. The van der Waals surface area contributed by atoms with E-state index in [4.69, 9.17) is 9.73 Å². The molecule has 0 radical (unpaired) electrons. The third kappa shape index (κ3) is 5.08. The Kier molecular flexibility index (Phi) is 6.83. The lowest BCUT2D eigenvalue weighted by Crippen LogP contribution is -2.44. The molecule has 33 heavy (non-hydrogen) atoms. The molecule has 1 aliphatic heterocycles. The standard InChI is InChI=1S/C28H39BrN2O2/c1-20(19-30-21(2)24-10-7-17-31(24)25(32)33-26(3,4)5)27-11-14-28(15-12-27,16-13-27)22-8-6-9-23(29)18-22/h6,8-9,18-19,24H,7,10-17H2,1-5H3/b20-19+,30-21+/t24-,27?,28?/m0/s1. The predicted molar refractivity (Wildman–Crippen MR) is 139 cm³/mol. The minimum atomic E-state index is -0.474. The van der Waals surface area contributed by atoms with Crippen LogP contribution >= 0.6 is 15.9 Å². The lowest BCUT2D eigenvalue weighted by Gasteiger charge is -2.54. The molecule has 1 atom stereocenters. The molecule has 1 saturated heterocycles. The fourth-order valence-corrected chi connectivity index (χ4v) is 6.59. The zero-order valence-corrected chi connectivity index (χ0v) is 22.5. The van der Waals surface area contributed by atoms with Crippen molar-refractivity contribution in [3.05, 3.63) is 46.1 Å². The van der Waals surface area contributed by atoms with Gasteiger partial charge in [-0.2, -0.15) is 0 Å². The summed E-state index contributed by atoms with van der Waals surface area (Å²) in [4.78, 5) is 19.4. The molecule has 3 saturated carbocycles. The number of allylic oxidation sites excluding steroid dienone is 1. The predicted octanol–water partition coefficient (Wildman–Crippen LogP) is 7.81. The molecule has 5 rings (SSSR count). The van der Waals surface area contributed by atoms with Gasteiger partial charge in [0.2, 0.25) is 0 Å². The number of carbonyl (C=O) groups excluding carboxylic acids is 1. The van der Waals surface area contributed by atoms with E-state index in [1.165, 1.54) is 54.1 Å². The number of rotatable bonds is 4. The van der Waals surface area contributed by atoms with Gasteiger partial charge in [0.1, 0.15) is 5.60 Å². The Morgan fingerprint density at radius 1 is 1.15 bits per heavy atom. The smallest absolute Gasteiger partial charge is 0.410 e. The highest BCUT2D eigenvalue weighted by atomic mass is 79.9. The summed E-state index contributed by atoms with van der Waals surface area (Å²) in [5.41, 5.74) is 4.10. The Morgan fingerprint density at radius 3 is 2.42 bits per heavy atom. The minimum absolute atomic E-state index is 0.0447. The first-order valence-electron chi connectivity index (χ1n) is 12.5. The molecule has 4 fully saturated rings. The second-order valence-electron chi connectivity index (χ2n) is 11.5. The van der Waals surface area contributed by atoms with Gasteiger partial charge < -0.3 is 4.74 Å². The monoisotopic (exact) mass is 514 g/mol. The number of halogens is 1. The van der Waals surface area contributed by atoms with Crippen LogP contribution < -0.4 is 0 Å². The Bertz CT molecular complexity index is 934. The van der Waals surface area contributed by atoms with Crippen molar-refractivity contribution >= 4 is 27.7 Å². The van der Waals surface area contributed by atoms with Gasteiger partial charge in [-0.25, -0.2) is 4.79 Å². The Labute approximate surface area is 208 Å². The average Bonchev–Trinajstić information content (AvgIpc) is 3.28. The van der Waals surface area contributed by atoms with Gasteiger partial charge in [-0.15, -0.1) is 0 Å². The maximum absolute atomic E-state index is 12.7. The molecule has 1 amide bonds. The maximum Gasteiger partial charge on any atom is 0.410 e. The van der Waals surface area contributed by atoms with E-state index in [9.17, 15) is 4.79 Å². The van der Waals surface area contributed by atoms with E-state index in [-0.39, 0.29) is 17.6 Å². The Balaban J connectivity index is 1.44. The highest BCUT2D eigenvalue weighted by Crippen LogP contribution is 2.60. The summed E-state index contributed by atoms with van der Waals surface area (Å²) in [5, 5.41) is 0. The van der Waals surface area contributed by atoms with Crippen molar-refractivity contribution in [3.8, 4) is 0 Å². The largest absolute Gasteiger partial charge is 0.444 e. The fourth-order valence-electron chi connectivity index (χ4n) is 6.19. The van der Waals surface area contributed by atoms with Crippen LogP contribution in [0.25, 0.3) is 0 Å². The van der Waals surface area contributed by atoms with E-state index in [0.717, 1.165) is 25.1 Å². The van der Waals surface area contributed by atoms with Crippen LogP contribution in [0.15, 0.2) is 45.5 Å². The van der Waals surface area contributed by atoms with Crippen LogP contribution in [-0.2, 0) is 10.2 Å². The molecule has 4 aliphatic rings. The molecule has 180 valence electrons. The fraction of sp³-hybridized carbons (Fsp3) is 0.643. The van der Waals surface area contributed by atoms with Gasteiger partial charge in [-0.05, 0) is 120 Å². The zero-order chi connectivity index (χ0) is 23.9. The molecular weight excluding hydrogens is 476 g/mol. The van der Waals surface area contributed by atoms with Crippen molar-refractivity contribution < 1.29 is 9.53 Å². The normalized spacial score (nSPS) is 30.6. The van der Waals surface area contributed by atoms with Gasteiger partial charge in [0.25, 0.3) is 0 Å². The number of hydrogen-bond acceptors (Lipinski definition) is 3. The van der Waals surface area contributed by atoms with Crippen LogP contribution in [-0.4, -0.2) is 34.9 Å². The molecule has 0 unspecified atom stereocenters. The van der Waals surface area contributed by atoms with Gasteiger partial charge >= 0.3 is 6.09 Å². The molecular formula is C28H39BrN2O2. The van der Waals surface area contributed by atoms with Crippen LogP contribution in [0.3, 0.4) is 0 Å². The second kappa shape index (κ2) is 9.20. The molecule has 5 heteroatoms. The number of benzene rings is 1. The summed E-state index contributed by atoms with van der Waals surface area (Å²) in [5.74, 6) is 0. The molecule has 0 spiro atoms. The van der Waals surface area contributed by atoms with Gasteiger partial charge in [-0.3, -0.25) is 9.89 Å². The van der Waals surface area contributed by atoms with Crippen molar-refractivity contribution in [2.75, 3.05) is 6.54 Å².